The van der Waals surface area contributed by atoms with E-state index in [4.69, 9.17) is 4.74 Å². The number of aryl methyl sites for hydroxylation is 1. The fourth-order valence-corrected chi connectivity index (χ4v) is 2.65. The van der Waals surface area contributed by atoms with Crippen LogP contribution in [0.2, 0.25) is 0 Å². The van der Waals surface area contributed by atoms with Gasteiger partial charge in [-0.05, 0) is 50.8 Å². The van der Waals surface area contributed by atoms with Crippen LogP contribution in [-0.4, -0.2) is 34.6 Å². The van der Waals surface area contributed by atoms with E-state index in [1.165, 1.54) is 12.8 Å². The van der Waals surface area contributed by atoms with Crippen molar-refractivity contribution in [2.45, 2.75) is 26.7 Å². The largest absolute Gasteiger partial charge is 0.452 e. The summed E-state index contributed by atoms with van der Waals surface area (Å²) < 4.78 is 7.04. The standard InChI is InChI=1S/C18H21N3O3/c1-12-9-15(13(2)21(12)16-5-3-4-8-19-16)18(23)24-11-17(22)20-10-14-6-7-14/h3-5,8-9,14H,6-7,10-11H2,1-2H3,(H,20,22). The second-order valence-corrected chi connectivity index (χ2v) is 6.13. The summed E-state index contributed by atoms with van der Waals surface area (Å²) in [5.41, 5.74) is 2.08. The van der Waals surface area contributed by atoms with Crippen LogP contribution in [0.25, 0.3) is 5.82 Å². The molecule has 1 N–H and O–H groups in total. The summed E-state index contributed by atoms with van der Waals surface area (Å²) in [7, 11) is 0. The van der Waals surface area contributed by atoms with Gasteiger partial charge < -0.3 is 14.6 Å². The van der Waals surface area contributed by atoms with Gasteiger partial charge in [0.15, 0.2) is 6.61 Å². The Labute approximate surface area is 140 Å². The smallest absolute Gasteiger partial charge is 0.340 e. The Balaban J connectivity index is 1.65. The molecule has 0 atom stereocenters. The first kappa shape index (κ1) is 16.2. The van der Waals surface area contributed by atoms with E-state index in [9.17, 15) is 9.59 Å². The van der Waals surface area contributed by atoms with Crippen LogP contribution in [0, 0.1) is 19.8 Å². The number of esters is 1. The number of nitrogens with one attached hydrogen (secondary N) is 1. The average Bonchev–Trinajstić information content (AvgIpc) is 3.36. The molecule has 0 radical (unpaired) electrons. The minimum atomic E-state index is -0.494. The van der Waals surface area contributed by atoms with Crippen LogP contribution in [0.5, 0.6) is 0 Å². The maximum atomic E-state index is 12.3. The molecular weight excluding hydrogens is 306 g/mol. The zero-order valence-corrected chi connectivity index (χ0v) is 13.9. The summed E-state index contributed by atoms with van der Waals surface area (Å²) in [6.07, 6.45) is 4.04. The van der Waals surface area contributed by atoms with Crippen molar-refractivity contribution in [2.75, 3.05) is 13.2 Å². The molecule has 0 spiro atoms. The second-order valence-electron chi connectivity index (χ2n) is 6.13. The number of nitrogens with zero attached hydrogens (tertiary/aromatic N) is 2. The third kappa shape index (κ3) is 3.64. The van der Waals surface area contributed by atoms with Crippen molar-refractivity contribution < 1.29 is 14.3 Å². The van der Waals surface area contributed by atoms with Crippen LogP contribution < -0.4 is 5.32 Å². The lowest BCUT2D eigenvalue weighted by atomic mass is 10.2. The van der Waals surface area contributed by atoms with Gasteiger partial charge in [-0.1, -0.05) is 6.07 Å². The number of rotatable bonds is 6. The van der Waals surface area contributed by atoms with Gasteiger partial charge in [0.25, 0.3) is 5.91 Å². The van der Waals surface area contributed by atoms with Crippen molar-refractivity contribution in [1.29, 1.82) is 0 Å². The Hall–Kier alpha value is -2.63. The van der Waals surface area contributed by atoms with E-state index in [1.54, 1.807) is 12.3 Å². The number of hydrogen-bond acceptors (Lipinski definition) is 4. The van der Waals surface area contributed by atoms with E-state index in [2.05, 4.69) is 10.3 Å². The molecule has 24 heavy (non-hydrogen) atoms. The zero-order chi connectivity index (χ0) is 17.1. The number of hydrogen-bond donors (Lipinski definition) is 1. The number of pyridine rings is 1. The van der Waals surface area contributed by atoms with E-state index in [0.29, 0.717) is 18.0 Å². The number of aromatic nitrogens is 2. The van der Waals surface area contributed by atoms with Gasteiger partial charge in [-0.25, -0.2) is 9.78 Å². The van der Waals surface area contributed by atoms with Gasteiger partial charge in [0, 0.05) is 24.1 Å². The van der Waals surface area contributed by atoms with Crippen LogP contribution in [0.3, 0.4) is 0 Å². The Kier molecular flexibility index (Phi) is 4.64. The van der Waals surface area contributed by atoms with E-state index in [0.717, 1.165) is 17.2 Å². The summed E-state index contributed by atoms with van der Waals surface area (Å²) in [6.45, 7) is 4.16. The Morgan fingerprint density at radius 1 is 1.33 bits per heavy atom. The quantitative estimate of drug-likeness (QED) is 0.825. The molecule has 1 amide bonds. The van der Waals surface area contributed by atoms with Crippen molar-refractivity contribution >= 4 is 11.9 Å². The first-order chi connectivity index (χ1) is 11.6. The molecule has 2 heterocycles. The highest BCUT2D eigenvalue weighted by molar-refractivity contribution is 5.93. The summed E-state index contributed by atoms with van der Waals surface area (Å²) in [6, 6.07) is 7.37. The molecule has 0 saturated heterocycles. The van der Waals surface area contributed by atoms with E-state index in [-0.39, 0.29) is 12.5 Å². The number of carbonyl (C=O) groups is 2. The lowest BCUT2D eigenvalue weighted by Crippen LogP contribution is -2.30. The Bertz CT molecular complexity index is 748. The number of carbonyl (C=O) groups excluding carboxylic acids is 2. The van der Waals surface area contributed by atoms with E-state index >= 15 is 0 Å². The topological polar surface area (TPSA) is 73.2 Å². The van der Waals surface area contributed by atoms with Crippen LogP contribution in [0.15, 0.2) is 30.5 Å². The second kappa shape index (κ2) is 6.86. The number of ether oxygens (including phenoxy) is 1. The molecule has 3 rings (SSSR count). The summed E-state index contributed by atoms with van der Waals surface area (Å²) in [5, 5.41) is 2.78. The first-order valence-electron chi connectivity index (χ1n) is 8.10. The van der Waals surface area contributed by atoms with Gasteiger partial charge in [0.1, 0.15) is 5.82 Å². The lowest BCUT2D eigenvalue weighted by Gasteiger charge is -2.09. The van der Waals surface area contributed by atoms with E-state index < -0.39 is 5.97 Å². The zero-order valence-electron chi connectivity index (χ0n) is 13.9. The highest BCUT2D eigenvalue weighted by Crippen LogP contribution is 2.27. The van der Waals surface area contributed by atoms with Gasteiger partial charge >= 0.3 is 5.97 Å². The number of amides is 1. The molecule has 1 saturated carbocycles. The van der Waals surface area contributed by atoms with Gasteiger partial charge in [0.05, 0.1) is 5.56 Å². The van der Waals surface area contributed by atoms with Gasteiger partial charge in [-0.3, -0.25) is 4.79 Å². The lowest BCUT2D eigenvalue weighted by molar-refractivity contribution is -0.124. The molecule has 0 bridgehead atoms. The molecule has 2 aromatic heterocycles. The average molecular weight is 327 g/mol. The first-order valence-corrected chi connectivity index (χ1v) is 8.10. The van der Waals surface area contributed by atoms with Crippen molar-refractivity contribution in [1.82, 2.24) is 14.9 Å². The third-order valence-corrected chi connectivity index (χ3v) is 4.15. The molecule has 6 nitrogen and oxygen atoms in total. The van der Waals surface area contributed by atoms with E-state index in [1.807, 2.05) is 36.6 Å². The van der Waals surface area contributed by atoms with Gasteiger partial charge in [0.2, 0.25) is 0 Å². The predicted octanol–water partition coefficient (Wildman–Crippen LogP) is 2.17. The normalized spacial score (nSPS) is 13.6. The fourth-order valence-electron chi connectivity index (χ4n) is 2.65. The molecule has 126 valence electrons. The molecule has 0 aliphatic heterocycles. The van der Waals surface area contributed by atoms with Crippen LogP contribution in [0.4, 0.5) is 0 Å². The molecule has 0 aromatic carbocycles. The summed E-state index contributed by atoms with van der Waals surface area (Å²) in [4.78, 5) is 28.3. The fraction of sp³-hybridized carbons (Fsp3) is 0.389. The summed E-state index contributed by atoms with van der Waals surface area (Å²) >= 11 is 0. The molecular formula is C18H21N3O3. The van der Waals surface area contributed by atoms with Crippen LogP contribution in [0.1, 0.15) is 34.6 Å². The summed E-state index contributed by atoms with van der Waals surface area (Å²) in [5.74, 6) is 0.594. The Morgan fingerprint density at radius 3 is 2.79 bits per heavy atom. The van der Waals surface area contributed by atoms with Crippen molar-refractivity contribution in [3.63, 3.8) is 0 Å². The molecule has 2 aromatic rings. The molecule has 1 fully saturated rings. The maximum Gasteiger partial charge on any atom is 0.340 e. The van der Waals surface area contributed by atoms with Gasteiger partial charge in [-0.2, -0.15) is 0 Å². The minimum Gasteiger partial charge on any atom is -0.452 e. The maximum absolute atomic E-state index is 12.3. The molecule has 0 unspecified atom stereocenters. The highest BCUT2D eigenvalue weighted by Gasteiger charge is 2.22. The molecule has 1 aliphatic carbocycles. The predicted molar refractivity (Wildman–Crippen MR) is 89.1 cm³/mol. The van der Waals surface area contributed by atoms with Crippen molar-refractivity contribution in [3.8, 4) is 5.82 Å². The third-order valence-electron chi connectivity index (χ3n) is 4.15. The van der Waals surface area contributed by atoms with Crippen molar-refractivity contribution in [2.24, 2.45) is 5.92 Å². The Morgan fingerprint density at radius 2 is 2.12 bits per heavy atom. The molecule has 1 aliphatic rings. The van der Waals surface area contributed by atoms with Crippen LogP contribution >= 0.6 is 0 Å². The SMILES string of the molecule is Cc1cc(C(=O)OCC(=O)NCC2CC2)c(C)n1-c1ccccn1. The van der Waals surface area contributed by atoms with Gasteiger partial charge in [-0.15, -0.1) is 0 Å². The molecule has 6 heteroatoms. The minimum absolute atomic E-state index is 0.251. The highest BCUT2D eigenvalue weighted by atomic mass is 16.5. The van der Waals surface area contributed by atoms with Crippen LogP contribution in [-0.2, 0) is 9.53 Å². The van der Waals surface area contributed by atoms with Crippen molar-refractivity contribution in [3.05, 3.63) is 47.4 Å². The monoisotopic (exact) mass is 327 g/mol.